The molecule has 0 heterocycles. The third-order valence-electron chi connectivity index (χ3n) is 1.83. The predicted octanol–water partition coefficient (Wildman–Crippen LogP) is 1.09. The van der Waals surface area contributed by atoms with Crippen LogP contribution in [-0.2, 0) is 14.8 Å². The molecule has 0 fully saturated rings. The van der Waals surface area contributed by atoms with Crippen molar-refractivity contribution in [3.05, 3.63) is 29.3 Å². The van der Waals surface area contributed by atoms with E-state index in [1.165, 1.54) is 25.1 Å². The van der Waals surface area contributed by atoms with Gasteiger partial charge in [0.25, 0.3) is 0 Å². The molecule has 2 N–H and O–H groups in total. The Labute approximate surface area is 98.1 Å². The number of hydrogen-bond acceptors (Lipinski definition) is 3. The highest BCUT2D eigenvalue weighted by atomic mass is 35.5. The first-order valence-electron chi connectivity index (χ1n) is 4.34. The van der Waals surface area contributed by atoms with E-state index in [-0.39, 0.29) is 9.92 Å². The van der Waals surface area contributed by atoms with E-state index in [2.05, 4.69) is 0 Å². The summed E-state index contributed by atoms with van der Waals surface area (Å²) in [5.41, 5.74) is 0. The molecule has 1 aromatic rings. The van der Waals surface area contributed by atoms with Crippen molar-refractivity contribution in [1.82, 2.24) is 4.72 Å². The normalized spacial score (nSPS) is 13.4. The smallest absolute Gasteiger partial charge is 0.321 e. The van der Waals surface area contributed by atoms with Crippen molar-refractivity contribution in [2.45, 2.75) is 17.9 Å². The quantitative estimate of drug-likeness (QED) is 0.852. The molecule has 88 valence electrons. The van der Waals surface area contributed by atoms with Gasteiger partial charge in [0.2, 0.25) is 10.0 Å². The van der Waals surface area contributed by atoms with Crippen LogP contribution in [0.2, 0.25) is 5.02 Å². The van der Waals surface area contributed by atoms with Gasteiger partial charge in [-0.25, -0.2) is 8.42 Å². The second-order valence-electron chi connectivity index (χ2n) is 3.11. The minimum absolute atomic E-state index is 0.0487. The monoisotopic (exact) mass is 263 g/mol. The van der Waals surface area contributed by atoms with Gasteiger partial charge in [-0.1, -0.05) is 23.7 Å². The number of carbonyl (C=O) groups is 1. The predicted molar refractivity (Wildman–Crippen MR) is 58.9 cm³/mol. The van der Waals surface area contributed by atoms with Crippen LogP contribution >= 0.6 is 11.6 Å². The van der Waals surface area contributed by atoms with E-state index in [0.29, 0.717) is 0 Å². The van der Waals surface area contributed by atoms with Crippen molar-refractivity contribution in [3.63, 3.8) is 0 Å². The highest BCUT2D eigenvalue weighted by Crippen LogP contribution is 2.20. The van der Waals surface area contributed by atoms with Gasteiger partial charge >= 0.3 is 5.97 Å². The maximum Gasteiger partial charge on any atom is 0.321 e. The molecule has 1 rings (SSSR count). The molecule has 0 saturated heterocycles. The zero-order chi connectivity index (χ0) is 12.3. The standard InChI is InChI=1S/C9H10ClNO4S/c1-6(9(12)13)11-16(14,15)8-5-3-2-4-7(8)10/h2-6,11H,1H3,(H,12,13)/t6-/m1/s1. The topological polar surface area (TPSA) is 83.5 Å². The summed E-state index contributed by atoms with van der Waals surface area (Å²) >= 11 is 5.71. The third-order valence-corrected chi connectivity index (χ3v) is 3.87. The Kier molecular flexibility index (Phi) is 3.90. The molecule has 7 heteroatoms. The van der Waals surface area contributed by atoms with Crippen molar-refractivity contribution in [2.75, 3.05) is 0 Å². The maximum absolute atomic E-state index is 11.7. The van der Waals surface area contributed by atoms with Gasteiger partial charge in [0.05, 0.1) is 5.02 Å². The van der Waals surface area contributed by atoms with Gasteiger partial charge in [-0.05, 0) is 19.1 Å². The molecule has 0 aromatic heterocycles. The number of rotatable bonds is 4. The van der Waals surface area contributed by atoms with Crippen molar-refractivity contribution >= 4 is 27.6 Å². The first-order chi connectivity index (χ1) is 7.34. The highest BCUT2D eigenvalue weighted by molar-refractivity contribution is 7.89. The van der Waals surface area contributed by atoms with E-state index in [9.17, 15) is 13.2 Å². The lowest BCUT2D eigenvalue weighted by molar-refractivity contribution is -0.138. The van der Waals surface area contributed by atoms with Crippen LogP contribution in [0, 0.1) is 0 Å². The molecule has 0 unspecified atom stereocenters. The maximum atomic E-state index is 11.7. The number of sulfonamides is 1. The van der Waals surface area contributed by atoms with Crippen LogP contribution in [0.1, 0.15) is 6.92 Å². The average Bonchev–Trinajstić information content (AvgIpc) is 2.17. The van der Waals surface area contributed by atoms with E-state index in [4.69, 9.17) is 16.7 Å². The van der Waals surface area contributed by atoms with Crippen LogP contribution in [0.5, 0.6) is 0 Å². The number of aliphatic carboxylic acids is 1. The van der Waals surface area contributed by atoms with Gasteiger partial charge in [-0.3, -0.25) is 4.79 Å². The summed E-state index contributed by atoms with van der Waals surface area (Å²) in [7, 11) is -3.90. The number of carboxylic acid groups (broad SMARTS) is 1. The molecule has 0 aliphatic rings. The van der Waals surface area contributed by atoms with Gasteiger partial charge < -0.3 is 5.11 Å². The Hall–Kier alpha value is -1.11. The fourth-order valence-corrected chi connectivity index (χ4v) is 2.73. The fraction of sp³-hybridized carbons (Fsp3) is 0.222. The lowest BCUT2D eigenvalue weighted by atomic mass is 10.4. The molecular weight excluding hydrogens is 254 g/mol. The fourth-order valence-electron chi connectivity index (χ4n) is 1.01. The molecule has 16 heavy (non-hydrogen) atoms. The lowest BCUT2D eigenvalue weighted by Crippen LogP contribution is -2.38. The summed E-state index contributed by atoms with van der Waals surface area (Å²) in [6.45, 7) is 1.23. The SMILES string of the molecule is C[C@@H](NS(=O)(=O)c1ccccc1Cl)C(=O)O. The van der Waals surface area contributed by atoms with E-state index < -0.39 is 22.0 Å². The minimum atomic E-state index is -3.90. The van der Waals surface area contributed by atoms with Crippen LogP contribution in [0.3, 0.4) is 0 Å². The summed E-state index contributed by atoms with van der Waals surface area (Å²) in [5, 5.41) is 8.65. The average molecular weight is 264 g/mol. The van der Waals surface area contributed by atoms with Crippen molar-refractivity contribution < 1.29 is 18.3 Å². The van der Waals surface area contributed by atoms with Gasteiger partial charge in [0.15, 0.2) is 0 Å². The van der Waals surface area contributed by atoms with E-state index in [1.807, 2.05) is 4.72 Å². The van der Waals surface area contributed by atoms with E-state index in [0.717, 1.165) is 0 Å². The Morgan fingerprint density at radius 3 is 2.50 bits per heavy atom. The van der Waals surface area contributed by atoms with Crippen LogP contribution < -0.4 is 4.72 Å². The molecule has 0 radical (unpaired) electrons. The van der Waals surface area contributed by atoms with Crippen LogP contribution in [0.15, 0.2) is 29.2 Å². The molecule has 0 bridgehead atoms. The summed E-state index contributed by atoms with van der Waals surface area (Å²) in [4.78, 5) is 10.4. The number of carboxylic acids is 1. The number of halogens is 1. The molecule has 0 saturated carbocycles. The van der Waals surface area contributed by atoms with Gasteiger partial charge in [0.1, 0.15) is 10.9 Å². The first-order valence-corrected chi connectivity index (χ1v) is 6.20. The van der Waals surface area contributed by atoms with Gasteiger partial charge in [0, 0.05) is 0 Å². The lowest BCUT2D eigenvalue weighted by Gasteiger charge is -2.10. The molecule has 1 atom stereocenters. The van der Waals surface area contributed by atoms with E-state index >= 15 is 0 Å². The molecule has 1 aromatic carbocycles. The van der Waals surface area contributed by atoms with Crippen molar-refractivity contribution in [3.8, 4) is 0 Å². The van der Waals surface area contributed by atoms with Crippen molar-refractivity contribution in [2.24, 2.45) is 0 Å². The van der Waals surface area contributed by atoms with Crippen molar-refractivity contribution in [1.29, 1.82) is 0 Å². The second-order valence-corrected chi connectivity index (χ2v) is 5.20. The highest BCUT2D eigenvalue weighted by Gasteiger charge is 2.23. The Morgan fingerprint density at radius 2 is 2.00 bits per heavy atom. The summed E-state index contributed by atoms with van der Waals surface area (Å²) < 4.78 is 25.4. The zero-order valence-electron chi connectivity index (χ0n) is 8.34. The minimum Gasteiger partial charge on any atom is -0.480 e. The molecule has 0 spiro atoms. The second kappa shape index (κ2) is 4.82. The molecule has 5 nitrogen and oxygen atoms in total. The number of nitrogens with one attached hydrogen (secondary N) is 1. The zero-order valence-corrected chi connectivity index (χ0v) is 9.92. The third kappa shape index (κ3) is 2.94. The number of benzene rings is 1. The molecule has 0 aliphatic heterocycles. The summed E-state index contributed by atoms with van der Waals surface area (Å²) in [5.74, 6) is -1.25. The summed E-state index contributed by atoms with van der Waals surface area (Å²) in [6, 6.07) is 4.61. The number of hydrogen-bond donors (Lipinski definition) is 2. The Bertz CT molecular complexity index is 500. The first kappa shape index (κ1) is 13.0. The molecule has 0 amide bonds. The van der Waals surface area contributed by atoms with Crippen LogP contribution in [0.25, 0.3) is 0 Å². The Morgan fingerprint density at radius 1 is 1.44 bits per heavy atom. The van der Waals surface area contributed by atoms with Gasteiger partial charge in [-0.2, -0.15) is 4.72 Å². The van der Waals surface area contributed by atoms with Gasteiger partial charge in [-0.15, -0.1) is 0 Å². The largest absolute Gasteiger partial charge is 0.480 e. The molecule has 0 aliphatic carbocycles. The summed E-state index contributed by atoms with van der Waals surface area (Å²) in [6.07, 6.45) is 0. The molecular formula is C9H10ClNO4S. The van der Waals surface area contributed by atoms with E-state index in [1.54, 1.807) is 6.07 Å². The van der Waals surface area contributed by atoms with Crippen LogP contribution in [0.4, 0.5) is 0 Å². The Balaban J connectivity index is 3.04. The van der Waals surface area contributed by atoms with Crippen LogP contribution in [-0.4, -0.2) is 25.5 Å².